The van der Waals surface area contributed by atoms with Gasteiger partial charge in [0.05, 0.1) is 11.3 Å². The first kappa shape index (κ1) is 26.0. The molecule has 5 nitrogen and oxygen atoms in total. The predicted octanol–water partition coefficient (Wildman–Crippen LogP) is 6.16. The van der Waals surface area contributed by atoms with Crippen molar-refractivity contribution in [3.8, 4) is 0 Å². The van der Waals surface area contributed by atoms with Gasteiger partial charge in [-0.25, -0.2) is 4.98 Å². The van der Waals surface area contributed by atoms with Crippen molar-refractivity contribution in [2.45, 2.75) is 31.1 Å². The molecule has 11 heteroatoms. The summed E-state index contributed by atoms with van der Waals surface area (Å²) < 4.78 is 40.6. The Bertz CT molecular complexity index is 1240. The Balaban J connectivity index is 0.00000162. The molecule has 0 bridgehead atoms. The lowest BCUT2D eigenvalue weighted by atomic mass is 10.1. The van der Waals surface area contributed by atoms with Gasteiger partial charge in [0.15, 0.2) is 4.96 Å². The molecule has 2 N–H and O–H groups in total. The van der Waals surface area contributed by atoms with Crippen molar-refractivity contribution in [2.75, 3.05) is 5.32 Å². The number of hydrogen-bond acceptors (Lipinski definition) is 4. The Labute approximate surface area is 210 Å². The van der Waals surface area contributed by atoms with Crippen LogP contribution in [0.1, 0.15) is 39.5 Å². The molecular formula is C23H21Cl2F3N4OS. The van der Waals surface area contributed by atoms with E-state index in [4.69, 9.17) is 0 Å². The normalized spacial score (nSPS) is 17.0. The van der Waals surface area contributed by atoms with Crippen LogP contribution in [0.3, 0.4) is 0 Å². The zero-order valence-electron chi connectivity index (χ0n) is 17.6. The number of carbonyl (C=O) groups excluding carboxylic acids is 1. The summed E-state index contributed by atoms with van der Waals surface area (Å²) in [5.74, 6) is -0.179. The number of benzene rings is 2. The largest absolute Gasteiger partial charge is 0.416 e. The van der Waals surface area contributed by atoms with Gasteiger partial charge in [-0.1, -0.05) is 18.2 Å². The number of fused-ring (bicyclic) bond motifs is 1. The first-order valence-electron chi connectivity index (χ1n) is 10.1. The number of nitrogens with zero attached hydrogens (tertiary/aromatic N) is 2. The zero-order chi connectivity index (χ0) is 22.3. The van der Waals surface area contributed by atoms with Crippen LogP contribution in [-0.4, -0.2) is 21.3 Å². The van der Waals surface area contributed by atoms with Gasteiger partial charge in [-0.05, 0) is 42.3 Å². The minimum Gasteiger partial charge on any atom is -0.322 e. The van der Waals surface area contributed by atoms with E-state index in [-0.39, 0.29) is 30.4 Å². The highest BCUT2D eigenvalue weighted by Gasteiger charge is 2.37. The minimum absolute atomic E-state index is 0. The van der Waals surface area contributed by atoms with Crippen LogP contribution >= 0.6 is 36.2 Å². The zero-order valence-corrected chi connectivity index (χ0v) is 20.0. The summed E-state index contributed by atoms with van der Waals surface area (Å²) >= 11 is 1.61. The molecule has 0 unspecified atom stereocenters. The minimum atomic E-state index is -4.49. The van der Waals surface area contributed by atoms with Gasteiger partial charge >= 0.3 is 6.18 Å². The molecule has 180 valence electrons. The van der Waals surface area contributed by atoms with Gasteiger partial charge in [0.2, 0.25) is 0 Å². The van der Waals surface area contributed by atoms with Crippen molar-refractivity contribution in [1.82, 2.24) is 14.7 Å². The SMILES string of the molecule is Cl.Cl.O=C(Nc1ccc([C@@H]2C[C@H]2NCc2cn3ccsc3n2)cc1)c1cccc(C(F)(F)F)c1. The second kappa shape index (κ2) is 10.4. The molecule has 1 saturated carbocycles. The Morgan fingerprint density at radius 3 is 2.62 bits per heavy atom. The molecule has 5 rings (SSSR count). The quantitative estimate of drug-likeness (QED) is 0.315. The van der Waals surface area contributed by atoms with Crippen molar-refractivity contribution in [3.05, 3.63) is 88.7 Å². The molecule has 1 aliphatic carbocycles. The average Bonchev–Trinajstić information content (AvgIpc) is 3.24. The molecule has 34 heavy (non-hydrogen) atoms. The fourth-order valence-electron chi connectivity index (χ4n) is 3.74. The highest BCUT2D eigenvalue weighted by atomic mass is 35.5. The third-order valence-electron chi connectivity index (χ3n) is 5.53. The number of carbonyl (C=O) groups is 1. The fourth-order valence-corrected chi connectivity index (χ4v) is 4.46. The van der Waals surface area contributed by atoms with Crippen LogP contribution < -0.4 is 10.6 Å². The Morgan fingerprint density at radius 1 is 1.15 bits per heavy atom. The first-order chi connectivity index (χ1) is 15.4. The second-order valence-corrected chi connectivity index (χ2v) is 8.68. The lowest BCUT2D eigenvalue weighted by Gasteiger charge is -2.10. The molecule has 4 aromatic rings. The summed E-state index contributed by atoms with van der Waals surface area (Å²) in [5.41, 5.74) is 1.83. The van der Waals surface area contributed by atoms with Crippen molar-refractivity contribution >= 4 is 52.7 Å². The summed E-state index contributed by atoms with van der Waals surface area (Å²) in [4.78, 5) is 17.9. The van der Waals surface area contributed by atoms with E-state index < -0.39 is 17.6 Å². The number of nitrogens with one attached hydrogen (secondary N) is 2. The van der Waals surface area contributed by atoms with Gasteiger partial charge in [0, 0.05) is 47.5 Å². The Hall–Kier alpha value is -2.59. The summed E-state index contributed by atoms with van der Waals surface area (Å²) in [5, 5.41) is 8.19. The van der Waals surface area contributed by atoms with Gasteiger partial charge in [0.25, 0.3) is 5.91 Å². The number of aromatic nitrogens is 2. The summed E-state index contributed by atoms with van der Waals surface area (Å²) in [6.07, 6.45) is 0.556. The fraction of sp³-hybridized carbons (Fsp3) is 0.217. The van der Waals surface area contributed by atoms with Crippen molar-refractivity contribution in [2.24, 2.45) is 0 Å². The van der Waals surface area contributed by atoms with Gasteiger partial charge in [-0.2, -0.15) is 13.2 Å². The van der Waals surface area contributed by atoms with Crippen LogP contribution in [0, 0.1) is 0 Å². The van der Waals surface area contributed by atoms with Gasteiger partial charge < -0.3 is 10.6 Å². The number of hydrogen-bond donors (Lipinski definition) is 2. The van der Waals surface area contributed by atoms with Crippen LogP contribution in [0.5, 0.6) is 0 Å². The van der Waals surface area contributed by atoms with Crippen LogP contribution in [0.4, 0.5) is 18.9 Å². The van der Waals surface area contributed by atoms with E-state index in [0.29, 0.717) is 24.2 Å². The molecule has 1 amide bonds. The molecule has 0 radical (unpaired) electrons. The van der Waals surface area contributed by atoms with Gasteiger partial charge in [-0.3, -0.25) is 9.20 Å². The number of amides is 1. The number of thiazole rings is 1. The number of rotatable bonds is 6. The number of halogens is 5. The highest BCUT2D eigenvalue weighted by molar-refractivity contribution is 7.15. The number of imidazole rings is 1. The average molecular weight is 529 g/mol. The van der Waals surface area contributed by atoms with E-state index >= 15 is 0 Å². The lowest BCUT2D eigenvalue weighted by molar-refractivity contribution is -0.137. The topological polar surface area (TPSA) is 58.4 Å². The van der Waals surface area contributed by atoms with E-state index in [0.717, 1.165) is 34.8 Å². The maximum absolute atomic E-state index is 12.9. The third kappa shape index (κ3) is 5.72. The van der Waals surface area contributed by atoms with E-state index in [1.807, 2.05) is 34.3 Å². The lowest BCUT2D eigenvalue weighted by Crippen LogP contribution is -2.17. The molecule has 2 atom stereocenters. The smallest absolute Gasteiger partial charge is 0.322 e. The van der Waals surface area contributed by atoms with E-state index in [1.165, 1.54) is 12.1 Å². The molecule has 2 heterocycles. The predicted molar refractivity (Wildman–Crippen MR) is 131 cm³/mol. The molecule has 0 saturated heterocycles. The Kier molecular flexibility index (Phi) is 7.92. The highest BCUT2D eigenvalue weighted by Crippen LogP contribution is 2.41. The maximum Gasteiger partial charge on any atom is 0.416 e. The van der Waals surface area contributed by atoms with Crippen molar-refractivity contribution in [3.63, 3.8) is 0 Å². The molecule has 0 spiro atoms. The molecular weight excluding hydrogens is 508 g/mol. The van der Waals surface area contributed by atoms with E-state index in [9.17, 15) is 18.0 Å². The monoisotopic (exact) mass is 528 g/mol. The summed E-state index contributed by atoms with van der Waals surface area (Å²) in [7, 11) is 0. The van der Waals surface area contributed by atoms with Crippen LogP contribution in [-0.2, 0) is 12.7 Å². The van der Waals surface area contributed by atoms with E-state index in [2.05, 4.69) is 15.6 Å². The van der Waals surface area contributed by atoms with Crippen LogP contribution in [0.15, 0.2) is 66.3 Å². The number of anilines is 1. The Morgan fingerprint density at radius 2 is 1.91 bits per heavy atom. The van der Waals surface area contributed by atoms with Gasteiger partial charge in [0.1, 0.15) is 0 Å². The first-order valence-corrected chi connectivity index (χ1v) is 11.0. The molecule has 2 aromatic heterocycles. The van der Waals surface area contributed by atoms with Crippen molar-refractivity contribution < 1.29 is 18.0 Å². The van der Waals surface area contributed by atoms with Gasteiger partial charge in [-0.15, -0.1) is 36.2 Å². The molecule has 1 aliphatic rings. The maximum atomic E-state index is 12.9. The van der Waals surface area contributed by atoms with Crippen LogP contribution in [0.2, 0.25) is 0 Å². The van der Waals surface area contributed by atoms with E-state index in [1.54, 1.807) is 23.5 Å². The standard InChI is InChI=1S/C23H19F3N4OS.2ClH/c24-23(25,26)16-3-1-2-15(10-16)21(31)28-17-6-4-14(5-7-17)19-11-20(19)27-12-18-13-30-8-9-32-22(30)29-18;;/h1-10,13,19-20,27H,11-12H2,(H,28,31);2*1H/t19-,20+;;/m0../s1. The summed E-state index contributed by atoms with van der Waals surface area (Å²) in [6.45, 7) is 0.709. The number of alkyl halides is 3. The molecule has 0 aliphatic heterocycles. The van der Waals surface area contributed by atoms with Crippen LogP contribution in [0.25, 0.3) is 4.96 Å². The van der Waals surface area contributed by atoms with Crippen molar-refractivity contribution in [1.29, 1.82) is 0 Å². The third-order valence-corrected chi connectivity index (χ3v) is 6.30. The second-order valence-electron chi connectivity index (χ2n) is 7.81. The molecule has 2 aromatic carbocycles. The molecule has 1 fully saturated rings. The summed E-state index contributed by atoms with van der Waals surface area (Å²) in [6, 6.07) is 12.2.